The fourth-order valence-electron chi connectivity index (χ4n) is 3.34. The lowest BCUT2D eigenvalue weighted by atomic mass is 10.0. The number of nitrogens with zero attached hydrogens (tertiary/aromatic N) is 2. The van der Waals surface area contributed by atoms with Crippen LogP contribution in [0.5, 0.6) is 0 Å². The van der Waals surface area contributed by atoms with Crippen molar-refractivity contribution >= 4 is 10.0 Å². The molecule has 0 radical (unpaired) electrons. The van der Waals surface area contributed by atoms with Crippen LogP contribution in [-0.4, -0.2) is 18.2 Å². The van der Waals surface area contributed by atoms with Crippen LogP contribution < -0.4 is 4.72 Å². The number of benzene rings is 1. The average molecular weight is 319 g/mol. The van der Waals surface area contributed by atoms with Crippen molar-refractivity contribution in [3.05, 3.63) is 46.8 Å². The first kappa shape index (κ1) is 15.2. The maximum Gasteiger partial charge on any atom is 0.244 e. The summed E-state index contributed by atoms with van der Waals surface area (Å²) < 4.78 is 30.2. The molecule has 1 N–H and O–H groups in total. The van der Waals surface area contributed by atoms with Crippen molar-refractivity contribution in [1.82, 2.24) is 14.5 Å². The van der Waals surface area contributed by atoms with Gasteiger partial charge in [-0.2, -0.15) is 5.10 Å². The Morgan fingerprint density at radius 2 is 1.95 bits per heavy atom. The molecule has 1 heterocycles. The Kier molecular flexibility index (Phi) is 3.61. The zero-order valence-corrected chi connectivity index (χ0v) is 14.1. The largest absolute Gasteiger partial charge is 0.271 e. The number of aryl methyl sites for hydroxylation is 2. The minimum absolute atomic E-state index is 0.180. The highest BCUT2D eigenvalue weighted by atomic mass is 32.2. The molecule has 22 heavy (non-hydrogen) atoms. The minimum Gasteiger partial charge on any atom is -0.271 e. The summed E-state index contributed by atoms with van der Waals surface area (Å²) in [5, 5.41) is 4.21. The van der Waals surface area contributed by atoms with Crippen LogP contribution in [0.4, 0.5) is 0 Å². The number of hydrogen-bond acceptors (Lipinski definition) is 3. The number of rotatable bonds is 3. The van der Waals surface area contributed by atoms with Gasteiger partial charge in [0.15, 0.2) is 0 Å². The van der Waals surface area contributed by atoms with Gasteiger partial charge >= 0.3 is 0 Å². The molecule has 5 nitrogen and oxygen atoms in total. The number of sulfonamides is 1. The SMILES string of the molecule is Cc1nn(C)c(C)c1S(=O)(=O)NC1c2ccccc2CC1C. The second-order valence-corrected chi connectivity index (χ2v) is 7.75. The Morgan fingerprint density at radius 3 is 2.59 bits per heavy atom. The predicted octanol–water partition coefficient (Wildman–Crippen LogP) is 2.25. The third-order valence-electron chi connectivity index (χ3n) is 4.49. The molecule has 0 saturated heterocycles. The molecule has 0 bridgehead atoms. The molecule has 0 fully saturated rings. The smallest absolute Gasteiger partial charge is 0.244 e. The molecule has 6 heteroatoms. The van der Waals surface area contributed by atoms with Gasteiger partial charge in [-0.25, -0.2) is 13.1 Å². The topological polar surface area (TPSA) is 64.0 Å². The van der Waals surface area contributed by atoms with E-state index < -0.39 is 10.0 Å². The Bertz CT molecular complexity index is 824. The molecule has 1 aliphatic carbocycles. The molecule has 2 aromatic rings. The Morgan fingerprint density at radius 1 is 1.27 bits per heavy atom. The molecule has 2 atom stereocenters. The van der Waals surface area contributed by atoms with Crippen LogP contribution in [0.2, 0.25) is 0 Å². The van der Waals surface area contributed by atoms with Crippen LogP contribution in [0.3, 0.4) is 0 Å². The predicted molar refractivity (Wildman–Crippen MR) is 85.1 cm³/mol. The Balaban J connectivity index is 1.99. The summed E-state index contributed by atoms with van der Waals surface area (Å²) in [5.74, 6) is 0.240. The van der Waals surface area contributed by atoms with Gasteiger partial charge in [-0.3, -0.25) is 4.68 Å². The number of fused-ring (bicyclic) bond motifs is 1. The van der Waals surface area contributed by atoms with E-state index in [1.54, 1.807) is 25.6 Å². The summed E-state index contributed by atoms with van der Waals surface area (Å²) in [6.07, 6.45) is 0.897. The first-order chi connectivity index (χ1) is 10.3. The van der Waals surface area contributed by atoms with Crippen molar-refractivity contribution in [1.29, 1.82) is 0 Å². The summed E-state index contributed by atoms with van der Waals surface area (Å²) in [6, 6.07) is 7.85. The van der Waals surface area contributed by atoms with Crippen molar-refractivity contribution < 1.29 is 8.42 Å². The van der Waals surface area contributed by atoms with Gasteiger partial charge in [-0.05, 0) is 37.3 Å². The minimum atomic E-state index is -3.59. The van der Waals surface area contributed by atoms with Gasteiger partial charge in [0, 0.05) is 7.05 Å². The fraction of sp³-hybridized carbons (Fsp3) is 0.438. The third kappa shape index (κ3) is 2.36. The van der Waals surface area contributed by atoms with Crippen LogP contribution in [0.25, 0.3) is 0 Å². The second-order valence-electron chi connectivity index (χ2n) is 6.10. The van der Waals surface area contributed by atoms with Crippen LogP contribution in [0.1, 0.15) is 35.5 Å². The quantitative estimate of drug-likeness (QED) is 0.944. The first-order valence-electron chi connectivity index (χ1n) is 7.41. The number of hydrogen-bond donors (Lipinski definition) is 1. The standard InChI is InChI=1S/C16H21N3O2S/c1-10-9-13-7-5-6-8-14(13)15(10)18-22(20,21)16-11(2)17-19(4)12(16)3/h5-8,10,15,18H,9H2,1-4H3. The summed E-state index contributed by atoms with van der Waals surface area (Å²) in [7, 11) is -1.83. The van der Waals surface area contributed by atoms with Gasteiger partial charge in [0.25, 0.3) is 0 Å². The molecule has 3 rings (SSSR count). The van der Waals surface area contributed by atoms with Crippen molar-refractivity contribution in [2.24, 2.45) is 13.0 Å². The molecule has 1 aromatic heterocycles. The van der Waals surface area contributed by atoms with E-state index in [1.807, 2.05) is 18.2 Å². The number of aromatic nitrogens is 2. The Labute approximate surface area is 131 Å². The molecule has 0 spiro atoms. The molecule has 2 unspecified atom stereocenters. The monoisotopic (exact) mass is 319 g/mol. The van der Waals surface area contributed by atoms with Crippen molar-refractivity contribution in [3.8, 4) is 0 Å². The molecular weight excluding hydrogens is 298 g/mol. The molecule has 118 valence electrons. The van der Waals surface area contributed by atoms with E-state index in [0.29, 0.717) is 16.3 Å². The summed E-state index contributed by atoms with van der Waals surface area (Å²) >= 11 is 0. The molecule has 1 aliphatic rings. The van der Waals surface area contributed by atoms with E-state index in [9.17, 15) is 8.42 Å². The molecule has 0 saturated carbocycles. The lowest BCUT2D eigenvalue weighted by Crippen LogP contribution is -2.31. The van der Waals surface area contributed by atoms with E-state index in [4.69, 9.17) is 0 Å². The fourth-order valence-corrected chi connectivity index (χ4v) is 5.11. The third-order valence-corrected chi connectivity index (χ3v) is 6.19. The van der Waals surface area contributed by atoms with Crippen molar-refractivity contribution in [2.45, 2.75) is 38.1 Å². The van der Waals surface area contributed by atoms with Gasteiger partial charge in [0.1, 0.15) is 4.90 Å². The van der Waals surface area contributed by atoms with E-state index in [2.05, 4.69) is 22.8 Å². The van der Waals surface area contributed by atoms with Gasteiger partial charge in [-0.15, -0.1) is 0 Å². The van der Waals surface area contributed by atoms with E-state index in [0.717, 1.165) is 12.0 Å². The number of nitrogens with one attached hydrogen (secondary N) is 1. The molecule has 0 aliphatic heterocycles. The van der Waals surface area contributed by atoms with Crippen LogP contribution in [0, 0.1) is 19.8 Å². The highest BCUT2D eigenvalue weighted by Crippen LogP contribution is 2.37. The maximum atomic E-state index is 12.8. The molecule has 1 aromatic carbocycles. The summed E-state index contributed by atoms with van der Waals surface area (Å²) in [4.78, 5) is 0.298. The highest BCUT2D eigenvalue weighted by molar-refractivity contribution is 7.89. The van der Waals surface area contributed by atoms with Crippen LogP contribution in [-0.2, 0) is 23.5 Å². The van der Waals surface area contributed by atoms with Crippen molar-refractivity contribution in [2.75, 3.05) is 0 Å². The maximum absolute atomic E-state index is 12.8. The van der Waals surface area contributed by atoms with Crippen LogP contribution >= 0.6 is 0 Å². The van der Waals surface area contributed by atoms with Gasteiger partial charge in [0.05, 0.1) is 17.4 Å². The van der Waals surface area contributed by atoms with E-state index in [-0.39, 0.29) is 12.0 Å². The normalized spacial score (nSPS) is 21.1. The average Bonchev–Trinajstić information content (AvgIpc) is 2.88. The van der Waals surface area contributed by atoms with Crippen LogP contribution in [0.15, 0.2) is 29.2 Å². The van der Waals surface area contributed by atoms with Gasteiger partial charge in [0.2, 0.25) is 10.0 Å². The molecule has 0 amide bonds. The first-order valence-corrected chi connectivity index (χ1v) is 8.90. The summed E-state index contributed by atoms with van der Waals surface area (Å²) in [5.41, 5.74) is 3.50. The molecular formula is C16H21N3O2S. The van der Waals surface area contributed by atoms with E-state index in [1.165, 1.54) is 5.56 Å². The van der Waals surface area contributed by atoms with Crippen molar-refractivity contribution in [3.63, 3.8) is 0 Å². The Hall–Kier alpha value is -1.66. The summed E-state index contributed by atoms with van der Waals surface area (Å²) in [6.45, 7) is 5.59. The van der Waals surface area contributed by atoms with Gasteiger partial charge < -0.3 is 0 Å². The zero-order chi connectivity index (χ0) is 16.1. The zero-order valence-electron chi connectivity index (χ0n) is 13.3. The highest BCUT2D eigenvalue weighted by Gasteiger charge is 2.34. The van der Waals surface area contributed by atoms with Gasteiger partial charge in [-0.1, -0.05) is 31.2 Å². The lowest BCUT2D eigenvalue weighted by molar-refractivity contribution is 0.465. The second kappa shape index (κ2) is 5.21. The van der Waals surface area contributed by atoms with E-state index >= 15 is 0 Å². The lowest BCUT2D eigenvalue weighted by Gasteiger charge is -2.19.